The minimum absolute atomic E-state index is 0.328. The highest BCUT2D eigenvalue weighted by Crippen LogP contribution is 2.41. The first-order chi connectivity index (χ1) is 30.2. The maximum Gasteiger partial charge on any atom is 0.160 e. The molecular weight excluding hydrogens is 749 g/mol. The number of nitrogens with zero attached hydrogens (tertiary/aromatic N) is 6. The molecule has 12 rings (SSSR count). The van der Waals surface area contributed by atoms with Gasteiger partial charge in [0, 0.05) is 54.7 Å². The summed E-state index contributed by atoms with van der Waals surface area (Å²) in [6.45, 7) is 0. The third-order valence-corrected chi connectivity index (χ3v) is 11.8. The van der Waals surface area contributed by atoms with E-state index < -0.39 is 0 Å². The van der Waals surface area contributed by atoms with Crippen molar-refractivity contribution < 1.29 is 4.42 Å². The zero-order valence-corrected chi connectivity index (χ0v) is 32.4. The second kappa shape index (κ2) is 13.4. The van der Waals surface area contributed by atoms with E-state index in [0.717, 1.165) is 82.7 Å². The molecule has 0 atom stereocenters. The summed E-state index contributed by atoms with van der Waals surface area (Å²) in [7, 11) is 0. The van der Waals surface area contributed by atoms with E-state index in [1.54, 1.807) is 0 Å². The number of benzene rings is 8. The highest BCUT2D eigenvalue weighted by atomic mass is 16.3. The number of hydrogen-bond donors (Lipinski definition) is 0. The second-order valence-electron chi connectivity index (χ2n) is 15.2. The van der Waals surface area contributed by atoms with E-state index in [0.29, 0.717) is 33.9 Å². The Morgan fingerprint density at radius 1 is 0.410 bits per heavy atom. The van der Waals surface area contributed by atoms with Gasteiger partial charge in [0.05, 0.1) is 44.7 Å². The largest absolute Gasteiger partial charge is 0.456 e. The van der Waals surface area contributed by atoms with Gasteiger partial charge in [-0.2, -0.15) is 10.5 Å². The van der Waals surface area contributed by atoms with Gasteiger partial charge in [-0.15, -0.1) is 0 Å². The molecule has 12 aromatic rings. The highest BCUT2D eigenvalue weighted by molar-refractivity contribution is 6.19. The van der Waals surface area contributed by atoms with Crippen LogP contribution in [0.4, 0.5) is 0 Å². The van der Waals surface area contributed by atoms with Crippen LogP contribution in [0.3, 0.4) is 0 Å². The van der Waals surface area contributed by atoms with Crippen molar-refractivity contribution in [2.24, 2.45) is 0 Å². The molecule has 61 heavy (non-hydrogen) atoms. The van der Waals surface area contributed by atoms with Crippen molar-refractivity contribution in [3.63, 3.8) is 0 Å². The SMILES string of the molecule is N#Cc1cc(-c2nc(-c3ccc4oc5ccccc5c4c3)nc(-c3ccccc3)c2C#N)ccc1-n1c2ccccc2c2cc3c4ccccc4n(-c4ccccc4)c3cc21. The molecular formula is C54H30N6O. The first-order valence-electron chi connectivity index (χ1n) is 20.0. The molecule has 0 bridgehead atoms. The first kappa shape index (κ1) is 34.3. The Balaban J connectivity index is 1.09. The van der Waals surface area contributed by atoms with Crippen molar-refractivity contribution in [3.05, 3.63) is 193 Å². The van der Waals surface area contributed by atoms with Crippen LogP contribution in [0.5, 0.6) is 0 Å². The topological polar surface area (TPSA) is 96.4 Å². The quantitative estimate of drug-likeness (QED) is 0.173. The summed E-state index contributed by atoms with van der Waals surface area (Å²) in [4.78, 5) is 10.2. The summed E-state index contributed by atoms with van der Waals surface area (Å²) in [5.74, 6) is 0.461. The van der Waals surface area contributed by atoms with Gasteiger partial charge in [0.1, 0.15) is 28.9 Å². The number of aromatic nitrogens is 4. The Morgan fingerprint density at radius 3 is 1.72 bits per heavy atom. The van der Waals surface area contributed by atoms with Crippen LogP contribution in [0.15, 0.2) is 186 Å². The standard InChI is InChI=1S/C54H30N6O/c55-31-36-27-34(53-44(32-56)52(33-13-3-1-4-14-33)57-54(58-53)35-24-26-51-43(28-35)40-19-9-12-22-50(40)61-51)23-25-45(36)60-47-21-11-8-18-39(47)42-29-41-38-17-7-10-20-46(38)59(48(41)30-49(42)60)37-15-5-2-6-16-37/h1-30H. The molecule has 0 spiro atoms. The molecule has 0 fully saturated rings. The first-order valence-corrected chi connectivity index (χ1v) is 20.0. The van der Waals surface area contributed by atoms with E-state index in [1.807, 2.05) is 103 Å². The van der Waals surface area contributed by atoms with Crippen LogP contribution >= 0.6 is 0 Å². The molecule has 7 nitrogen and oxygen atoms in total. The van der Waals surface area contributed by atoms with Gasteiger partial charge in [-0.3, -0.25) is 0 Å². The van der Waals surface area contributed by atoms with Crippen molar-refractivity contribution in [1.29, 1.82) is 10.5 Å². The van der Waals surface area contributed by atoms with Crippen molar-refractivity contribution in [2.45, 2.75) is 0 Å². The Labute approximate surface area is 348 Å². The summed E-state index contributed by atoms with van der Waals surface area (Å²) in [6, 6.07) is 66.2. The Morgan fingerprint density at radius 2 is 1.00 bits per heavy atom. The Bertz CT molecular complexity index is 3840. The molecule has 0 aliphatic carbocycles. The Hall–Kier alpha value is -8.78. The van der Waals surface area contributed by atoms with Gasteiger partial charge in [-0.1, -0.05) is 109 Å². The van der Waals surface area contributed by atoms with Gasteiger partial charge in [-0.25, -0.2) is 9.97 Å². The monoisotopic (exact) mass is 778 g/mol. The zero-order valence-electron chi connectivity index (χ0n) is 32.4. The molecule has 0 amide bonds. The van der Waals surface area contributed by atoms with E-state index in [4.69, 9.17) is 14.4 Å². The van der Waals surface area contributed by atoms with Crippen LogP contribution in [-0.4, -0.2) is 19.1 Å². The van der Waals surface area contributed by atoms with Crippen LogP contribution in [0, 0.1) is 22.7 Å². The van der Waals surface area contributed by atoms with E-state index in [2.05, 4.69) is 100 Å². The molecule has 8 aromatic carbocycles. The van der Waals surface area contributed by atoms with E-state index in [1.165, 1.54) is 5.39 Å². The van der Waals surface area contributed by atoms with Gasteiger partial charge < -0.3 is 13.6 Å². The lowest BCUT2D eigenvalue weighted by molar-refractivity contribution is 0.669. The number of nitriles is 2. The van der Waals surface area contributed by atoms with Crippen molar-refractivity contribution in [2.75, 3.05) is 0 Å². The van der Waals surface area contributed by atoms with E-state index >= 15 is 0 Å². The van der Waals surface area contributed by atoms with Gasteiger partial charge in [-0.05, 0) is 72.8 Å². The summed E-state index contributed by atoms with van der Waals surface area (Å²) < 4.78 is 10.6. The average Bonchev–Trinajstić information content (AvgIpc) is 3.97. The third-order valence-electron chi connectivity index (χ3n) is 11.8. The number of para-hydroxylation sites is 4. The van der Waals surface area contributed by atoms with Crippen molar-refractivity contribution >= 4 is 65.6 Å². The molecule has 0 aliphatic heterocycles. The van der Waals surface area contributed by atoms with Crippen LogP contribution in [0.25, 0.3) is 111 Å². The predicted octanol–water partition coefficient (Wildman–Crippen LogP) is 13.3. The zero-order chi connectivity index (χ0) is 40.6. The Kier molecular flexibility index (Phi) is 7.52. The molecule has 0 radical (unpaired) electrons. The van der Waals surface area contributed by atoms with Crippen LogP contribution in [-0.2, 0) is 0 Å². The smallest absolute Gasteiger partial charge is 0.160 e. The maximum absolute atomic E-state index is 11.0. The fraction of sp³-hybridized carbons (Fsp3) is 0. The fourth-order valence-corrected chi connectivity index (χ4v) is 9.09. The van der Waals surface area contributed by atoms with Gasteiger partial charge in [0.15, 0.2) is 5.82 Å². The molecule has 7 heteroatoms. The lowest BCUT2D eigenvalue weighted by Gasteiger charge is -2.15. The van der Waals surface area contributed by atoms with Gasteiger partial charge in [0.2, 0.25) is 0 Å². The maximum atomic E-state index is 11.0. The van der Waals surface area contributed by atoms with E-state index in [-0.39, 0.29) is 0 Å². The summed E-state index contributed by atoms with van der Waals surface area (Å²) in [6.07, 6.45) is 0. The number of fused-ring (bicyclic) bond motifs is 9. The molecule has 4 aromatic heterocycles. The fourth-order valence-electron chi connectivity index (χ4n) is 9.09. The second-order valence-corrected chi connectivity index (χ2v) is 15.2. The summed E-state index contributed by atoms with van der Waals surface area (Å²) in [5.41, 5.74) is 11.5. The van der Waals surface area contributed by atoms with Crippen LogP contribution in [0.2, 0.25) is 0 Å². The molecule has 0 saturated heterocycles. The van der Waals surface area contributed by atoms with Crippen LogP contribution in [0.1, 0.15) is 11.1 Å². The summed E-state index contributed by atoms with van der Waals surface area (Å²) in [5, 5.41) is 28.3. The molecule has 0 unspecified atom stereocenters. The predicted molar refractivity (Wildman–Crippen MR) is 244 cm³/mol. The lowest BCUT2D eigenvalue weighted by atomic mass is 9.98. The minimum Gasteiger partial charge on any atom is -0.456 e. The van der Waals surface area contributed by atoms with Crippen LogP contribution < -0.4 is 0 Å². The van der Waals surface area contributed by atoms with Crippen molar-refractivity contribution in [3.8, 4) is 57.4 Å². The normalized spacial score (nSPS) is 11.6. The molecule has 0 N–H and O–H groups in total. The number of furan rings is 1. The lowest BCUT2D eigenvalue weighted by Crippen LogP contribution is -2.03. The third kappa shape index (κ3) is 5.22. The number of hydrogen-bond acceptors (Lipinski definition) is 5. The summed E-state index contributed by atoms with van der Waals surface area (Å²) >= 11 is 0. The molecule has 4 heterocycles. The number of rotatable bonds is 5. The van der Waals surface area contributed by atoms with E-state index in [9.17, 15) is 10.5 Å². The average molecular weight is 779 g/mol. The highest BCUT2D eigenvalue weighted by Gasteiger charge is 2.23. The molecule has 0 aliphatic rings. The molecule has 282 valence electrons. The molecule has 0 saturated carbocycles. The van der Waals surface area contributed by atoms with Gasteiger partial charge >= 0.3 is 0 Å². The minimum atomic E-state index is 0.328. The van der Waals surface area contributed by atoms with Crippen molar-refractivity contribution in [1.82, 2.24) is 19.1 Å². The van der Waals surface area contributed by atoms with Gasteiger partial charge in [0.25, 0.3) is 0 Å².